The van der Waals surface area contributed by atoms with Gasteiger partial charge in [0.15, 0.2) is 0 Å². The molecule has 0 bridgehead atoms. The molecule has 0 fully saturated rings. The first-order valence-electron chi connectivity index (χ1n) is 9.53. The number of H-pyrrole nitrogens is 1. The lowest BCUT2D eigenvalue weighted by molar-refractivity contribution is 0.0936. The van der Waals surface area contributed by atoms with Crippen molar-refractivity contribution in [2.24, 2.45) is 0 Å². The van der Waals surface area contributed by atoms with Crippen LogP contribution in [0.4, 0.5) is 4.39 Å². The van der Waals surface area contributed by atoms with Crippen LogP contribution >= 0.6 is 0 Å². The van der Waals surface area contributed by atoms with E-state index in [0.717, 1.165) is 29.8 Å². The zero-order valence-electron chi connectivity index (χ0n) is 16.1. The summed E-state index contributed by atoms with van der Waals surface area (Å²) in [7, 11) is 0. The maximum Gasteiger partial charge on any atom is 0.293 e. The molecule has 3 heterocycles. The van der Waals surface area contributed by atoms with Gasteiger partial charge in [-0.25, -0.2) is 9.37 Å². The molecule has 0 unspecified atom stereocenters. The lowest BCUT2D eigenvalue weighted by atomic mass is 10.3. The minimum atomic E-state index is -0.548. The Bertz CT molecular complexity index is 1110. The third kappa shape index (κ3) is 4.84. The first-order chi connectivity index (χ1) is 14.7. The first kappa shape index (κ1) is 19.6. The standard InChI is InChI=1S/C20H20FN7O2/c21-13-4-3-9-23-16(13)12-24-20(29)19-27-18(30-28-19)8-11-22-10-7-17-25-14-5-1-2-6-15(14)26-17/h1-6,9,22H,7-8,10-12H2,(H,24,29)(H,25,26). The number of hydrogen-bond donors (Lipinski definition) is 3. The zero-order chi connectivity index (χ0) is 20.8. The Labute approximate surface area is 171 Å². The third-order valence-corrected chi connectivity index (χ3v) is 4.41. The molecule has 3 aromatic heterocycles. The highest BCUT2D eigenvalue weighted by Gasteiger charge is 2.15. The van der Waals surface area contributed by atoms with Gasteiger partial charge in [0.1, 0.15) is 11.6 Å². The van der Waals surface area contributed by atoms with Crippen molar-refractivity contribution in [3.8, 4) is 0 Å². The fourth-order valence-corrected chi connectivity index (χ4v) is 2.89. The van der Waals surface area contributed by atoms with Crippen molar-refractivity contribution in [1.29, 1.82) is 0 Å². The van der Waals surface area contributed by atoms with Gasteiger partial charge in [0.25, 0.3) is 11.7 Å². The number of carbonyl (C=O) groups excluding carboxylic acids is 1. The third-order valence-electron chi connectivity index (χ3n) is 4.41. The molecule has 9 nitrogen and oxygen atoms in total. The maximum absolute atomic E-state index is 13.5. The van der Waals surface area contributed by atoms with E-state index in [1.807, 2.05) is 24.3 Å². The predicted molar refractivity (Wildman–Crippen MR) is 106 cm³/mol. The molecule has 0 saturated carbocycles. The monoisotopic (exact) mass is 409 g/mol. The Kier molecular flexibility index (Phi) is 6.04. The van der Waals surface area contributed by atoms with E-state index in [1.165, 1.54) is 18.3 Å². The number of benzene rings is 1. The summed E-state index contributed by atoms with van der Waals surface area (Å²) in [4.78, 5) is 27.8. The molecule has 0 saturated heterocycles. The number of fused-ring (bicyclic) bond motifs is 1. The molecule has 154 valence electrons. The molecular formula is C20H20FN7O2. The Hall–Kier alpha value is -3.66. The Morgan fingerprint density at radius 1 is 1.10 bits per heavy atom. The molecule has 4 aromatic rings. The van der Waals surface area contributed by atoms with E-state index in [2.05, 4.69) is 35.7 Å². The lowest BCUT2D eigenvalue weighted by Crippen LogP contribution is -2.25. The van der Waals surface area contributed by atoms with Crippen molar-refractivity contribution in [3.63, 3.8) is 0 Å². The number of aromatic nitrogens is 5. The van der Waals surface area contributed by atoms with Crippen LogP contribution in [0.15, 0.2) is 47.1 Å². The first-order valence-corrected chi connectivity index (χ1v) is 9.53. The zero-order valence-corrected chi connectivity index (χ0v) is 16.1. The fraction of sp³-hybridized carbons (Fsp3) is 0.250. The van der Waals surface area contributed by atoms with Crippen molar-refractivity contribution in [1.82, 2.24) is 35.7 Å². The van der Waals surface area contributed by atoms with Gasteiger partial charge < -0.3 is 20.1 Å². The highest BCUT2D eigenvalue weighted by molar-refractivity contribution is 5.90. The molecule has 0 aliphatic heterocycles. The molecule has 4 rings (SSSR count). The highest BCUT2D eigenvalue weighted by Crippen LogP contribution is 2.10. The number of rotatable bonds is 9. The average Bonchev–Trinajstić information content (AvgIpc) is 3.39. The Balaban J connectivity index is 1.19. The molecule has 0 spiro atoms. The normalized spacial score (nSPS) is 11.1. The van der Waals surface area contributed by atoms with E-state index in [4.69, 9.17) is 4.52 Å². The van der Waals surface area contributed by atoms with Gasteiger partial charge in [-0.05, 0) is 24.3 Å². The van der Waals surface area contributed by atoms with Crippen LogP contribution in [0.5, 0.6) is 0 Å². The topological polar surface area (TPSA) is 122 Å². The van der Waals surface area contributed by atoms with E-state index in [0.29, 0.717) is 18.9 Å². The molecule has 1 aromatic carbocycles. The van der Waals surface area contributed by atoms with E-state index in [9.17, 15) is 9.18 Å². The summed E-state index contributed by atoms with van der Waals surface area (Å²) in [6.07, 6.45) is 2.70. The van der Waals surface area contributed by atoms with Crippen molar-refractivity contribution >= 4 is 16.9 Å². The number of halogens is 1. The van der Waals surface area contributed by atoms with Crippen LogP contribution in [0.1, 0.15) is 28.0 Å². The number of imidazole rings is 1. The molecule has 0 aliphatic carbocycles. The van der Waals surface area contributed by atoms with E-state index < -0.39 is 11.7 Å². The van der Waals surface area contributed by atoms with Gasteiger partial charge in [0.2, 0.25) is 5.89 Å². The number of hydrogen-bond acceptors (Lipinski definition) is 7. The minimum absolute atomic E-state index is 0.0568. The number of amides is 1. The highest BCUT2D eigenvalue weighted by atomic mass is 19.1. The second-order valence-electron chi connectivity index (χ2n) is 6.58. The molecule has 30 heavy (non-hydrogen) atoms. The predicted octanol–water partition coefficient (Wildman–Crippen LogP) is 1.78. The molecule has 0 atom stereocenters. The average molecular weight is 409 g/mol. The van der Waals surface area contributed by atoms with E-state index >= 15 is 0 Å². The molecule has 0 aliphatic rings. The van der Waals surface area contributed by atoms with Gasteiger partial charge in [-0.2, -0.15) is 4.98 Å². The Morgan fingerprint density at radius 2 is 1.97 bits per heavy atom. The minimum Gasteiger partial charge on any atom is -0.343 e. The number of pyridine rings is 1. The molecular weight excluding hydrogens is 389 g/mol. The molecule has 10 heteroatoms. The largest absolute Gasteiger partial charge is 0.343 e. The van der Waals surface area contributed by atoms with Crippen molar-refractivity contribution in [2.75, 3.05) is 13.1 Å². The van der Waals surface area contributed by atoms with Gasteiger partial charge in [-0.15, -0.1) is 0 Å². The summed E-state index contributed by atoms with van der Waals surface area (Å²) in [5.74, 6) is 0.141. The fourth-order valence-electron chi connectivity index (χ4n) is 2.89. The van der Waals surface area contributed by atoms with Crippen LogP contribution in [0.3, 0.4) is 0 Å². The van der Waals surface area contributed by atoms with Crippen molar-refractivity contribution in [3.05, 3.63) is 71.6 Å². The Morgan fingerprint density at radius 3 is 2.83 bits per heavy atom. The summed E-state index contributed by atoms with van der Waals surface area (Å²) in [6.45, 7) is 1.29. The van der Waals surface area contributed by atoms with Crippen LogP contribution in [0.2, 0.25) is 0 Å². The van der Waals surface area contributed by atoms with Crippen LogP contribution in [0.25, 0.3) is 11.0 Å². The van der Waals surface area contributed by atoms with Gasteiger partial charge in [0, 0.05) is 32.1 Å². The summed E-state index contributed by atoms with van der Waals surface area (Å²) in [5, 5.41) is 9.47. The van der Waals surface area contributed by atoms with Gasteiger partial charge in [0.05, 0.1) is 23.3 Å². The van der Waals surface area contributed by atoms with E-state index in [-0.39, 0.29) is 18.1 Å². The second kappa shape index (κ2) is 9.23. The number of nitrogens with zero attached hydrogens (tertiary/aromatic N) is 4. The summed E-state index contributed by atoms with van der Waals surface area (Å²) >= 11 is 0. The number of carbonyl (C=O) groups is 1. The van der Waals surface area contributed by atoms with Crippen LogP contribution in [0, 0.1) is 5.82 Å². The number of nitrogens with one attached hydrogen (secondary N) is 3. The summed E-state index contributed by atoms with van der Waals surface area (Å²) < 4.78 is 18.6. The van der Waals surface area contributed by atoms with Crippen molar-refractivity contribution in [2.45, 2.75) is 19.4 Å². The molecule has 0 radical (unpaired) electrons. The van der Waals surface area contributed by atoms with Crippen LogP contribution in [-0.2, 0) is 19.4 Å². The van der Waals surface area contributed by atoms with Crippen molar-refractivity contribution < 1.29 is 13.7 Å². The number of aromatic amines is 1. The van der Waals surface area contributed by atoms with Crippen LogP contribution in [-0.4, -0.2) is 44.1 Å². The maximum atomic E-state index is 13.5. The molecule has 3 N–H and O–H groups in total. The second-order valence-corrected chi connectivity index (χ2v) is 6.58. The molecule has 1 amide bonds. The smallest absolute Gasteiger partial charge is 0.293 e. The van der Waals surface area contributed by atoms with Gasteiger partial charge >= 0.3 is 0 Å². The lowest BCUT2D eigenvalue weighted by Gasteiger charge is -2.02. The summed E-state index contributed by atoms with van der Waals surface area (Å²) in [6, 6.07) is 10.7. The number of para-hydroxylation sites is 2. The van der Waals surface area contributed by atoms with Gasteiger partial charge in [-0.1, -0.05) is 17.3 Å². The van der Waals surface area contributed by atoms with E-state index in [1.54, 1.807) is 0 Å². The SMILES string of the molecule is O=C(NCc1ncccc1F)c1noc(CCNCCc2nc3ccccc3[nH]2)n1. The summed E-state index contributed by atoms with van der Waals surface area (Å²) in [5.41, 5.74) is 2.12. The van der Waals surface area contributed by atoms with Crippen LogP contribution < -0.4 is 10.6 Å². The van der Waals surface area contributed by atoms with Gasteiger partial charge in [-0.3, -0.25) is 9.78 Å². The quantitative estimate of drug-likeness (QED) is 0.360.